The highest BCUT2D eigenvalue weighted by atomic mass is 79.9. The van der Waals surface area contributed by atoms with Crippen molar-refractivity contribution in [2.45, 2.75) is 36.2 Å². The molecule has 0 unspecified atom stereocenters. The molecular formula is C14H15BrN4O2S. The van der Waals surface area contributed by atoms with Crippen LogP contribution in [0.5, 0.6) is 0 Å². The number of benzene rings is 1. The molecule has 0 saturated heterocycles. The fraction of sp³-hybridized carbons (Fsp3) is 0.357. The van der Waals surface area contributed by atoms with E-state index < -0.39 is 0 Å². The maximum absolute atomic E-state index is 12.3. The average molecular weight is 383 g/mol. The number of carbonyl (C=O) groups excluding carboxylic acids is 1. The van der Waals surface area contributed by atoms with Crippen LogP contribution in [0.3, 0.4) is 0 Å². The number of nitrogens with zero attached hydrogens (tertiary/aromatic N) is 2. The summed E-state index contributed by atoms with van der Waals surface area (Å²) in [6.07, 6.45) is 1.98. The molecule has 2 aromatic rings. The quantitative estimate of drug-likeness (QED) is 0.779. The molecule has 0 bridgehead atoms. The molecule has 1 saturated carbocycles. The molecule has 1 fully saturated rings. The number of nitrogens with one attached hydrogen (secondary N) is 2. The predicted octanol–water partition coefficient (Wildman–Crippen LogP) is 2.79. The van der Waals surface area contributed by atoms with E-state index in [9.17, 15) is 9.59 Å². The van der Waals surface area contributed by atoms with Gasteiger partial charge < -0.3 is 5.32 Å². The number of aromatic nitrogens is 3. The van der Waals surface area contributed by atoms with E-state index in [2.05, 4.69) is 31.4 Å². The fourth-order valence-corrected chi connectivity index (χ4v) is 3.38. The molecule has 0 spiro atoms. The summed E-state index contributed by atoms with van der Waals surface area (Å²) in [6.45, 7) is 1.80. The number of aromatic amines is 1. The fourth-order valence-electron chi connectivity index (χ4n) is 2.05. The summed E-state index contributed by atoms with van der Waals surface area (Å²) in [6, 6.07) is 7.65. The molecule has 6 nitrogen and oxygen atoms in total. The molecule has 1 heterocycles. The van der Waals surface area contributed by atoms with Gasteiger partial charge in [0.2, 0.25) is 5.91 Å². The summed E-state index contributed by atoms with van der Waals surface area (Å²) >= 11 is 4.66. The first-order valence-corrected chi connectivity index (χ1v) is 8.62. The van der Waals surface area contributed by atoms with E-state index in [0.717, 1.165) is 23.0 Å². The Balaban J connectivity index is 1.68. The van der Waals surface area contributed by atoms with Crippen molar-refractivity contribution in [3.63, 3.8) is 0 Å². The van der Waals surface area contributed by atoms with Gasteiger partial charge in [0.15, 0.2) is 5.16 Å². The van der Waals surface area contributed by atoms with Crippen molar-refractivity contribution in [1.29, 1.82) is 0 Å². The third-order valence-electron chi connectivity index (χ3n) is 3.33. The zero-order valence-electron chi connectivity index (χ0n) is 11.9. The molecule has 1 atom stereocenters. The average Bonchev–Trinajstić information content (AvgIpc) is 3.24. The Morgan fingerprint density at radius 1 is 1.55 bits per heavy atom. The minimum Gasteiger partial charge on any atom is -0.325 e. The highest BCUT2D eigenvalue weighted by molar-refractivity contribution is 9.10. The molecule has 2 N–H and O–H groups in total. The van der Waals surface area contributed by atoms with Gasteiger partial charge in [0, 0.05) is 16.2 Å². The standard InChI is InChI=1S/C14H15BrN4O2S/c1-8(12(20)16-10-4-2-3-9(15)7-10)22-14-18-17-13(21)19(14)11-5-6-11/h2-4,7-8,11H,5-6H2,1H3,(H,16,20)(H,17,21)/t8-/m0/s1. The van der Waals surface area contributed by atoms with E-state index >= 15 is 0 Å². The van der Waals surface area contributed by atoms with Gasteiger partial charge in [-0.1, -0.05) is 33.8 Å². The Labute approximate surface area is 139 Å². The first-order chi connectivity index (χ1) is 10.5. The van der Waals surface area contributed by atoms with Crippen LogP contribution in [0.1, 0.15) is 25.8 Å². The van der Waals surface area contributed by atoms with Crippen molar-refractivity contribution in [3.05, 3.63) is 39.2 Å². The van der Waals surface area contributed by atoms with E-state index in [1.54, 1.807) is 11.5 Å². The van der Waals surface area contributed by atoms with Crippen LogP contribution in [-0.4, -0.2) is 25.9 Å². The second kappa shape index (κ2) is 6.29. The second-order valence-corrected chi connectivity index (χ2v) is 7.40. The molecule has 22 heavy (non-hydrogen) atoms. The van der Waals surface area contributed by atoms with Crippen LogP contribution in [0.25, 0.3) is 0 Å². The van der Waals surface area contributed by atoms with Crippen LogP contribution in [0.4, 0.5) is 5.69 Å². The van der Waals surface area contributed by atoms with Crippen molar-refractivity contribution in [2.75, 3.05) is 5.32 Å². The Morgan fingerprint density at radius 2 is 2.32 bits per heavy atom. The zero-order chi connectivity index (χ0) is 15.7. The summed E-state index contributed by atoms with van der Waals surface area (Å²) in [5.41, 5.74) is 0.526. The normalized spacial score (nSPS) is 15.5. The molecule has 8 heteroatoms. The lowest BCUT2D eigenvalue weighted by atomic mass is 10.3. The summed E-state index contributed by atoms with van der Waals surface area (Å²) in [5, 5.41) is 9.56. The third kappa shape index (κ3) is 3.44. The highest BCUT2D eigenvalue weighted by Gasteiger charge is 2.30. The van der Waals surface area contributed by atoms with Crippen molar-refractivity contribution < 1.29 is 4.79 Å². The van der Waals surface area contributed by atoms with Crippen molar-refractivity contribution in [1.82, 2.24) is 14.8 Å². The minimum absolute atomic E-state index is 0.124. The molecule has 1 aromatic heterocycles. The lowest BCUT2D eigenvalue weighted by Gasteiger charge is -2.12. The van der Waals surface area contributed by atoms with Gasteiger partial charge >= 0.3 is 5.69 Å². The second-order valence-electron chi connectivity index (χ2n) is 5.17. The summed E-state index contributed by atoms with van der Waals surface area (Å²) in [5.74, 6) is -0.124. The SMILES string of the molecule is C[C@H](Sc1n[nH]c(=O)n1C1CC1)C(=O)Nc1cccc(Br)c1. The molecule has 1 aliphatic rings. The lowest BCUT2D eigenvalue weighted by molar-refractivity contribution is -0.115. The van der Waals surface area contributed by atoms with Gasteiger partial charge in [-0.05, 0) is 38.0 Å². The zero-order valence-corrected chi connectivity index (χ0v) is 14.3. The molecule has 3 rings (SSSR count). The summed E-state index contributed by atoms with van der Waals surface area (Å²) in [7, 11) is 0. The van der Waals surface area contributed by atoms with Gasteiger partial charge in [-0.3, -0.25) is 9.36 Å². The van der Waals surface area contributed by atoms with Gasteiger partial charge in [-0.15, -0.1) is 5.10 Å². The molecule has 0 aliphatic heterocycles. The number of halogens is 1. The Bertz CT molecular complexity index is 753. The number of carbonyl (C=O) groups is 1. The van der Waals surface area contributed by atoms with E-state index in [1.807, 2.05) is 24.3 Å². The number of thioether (sulfide) groups is 1. The van der Waals surface area contributed by atoms with Gasteiger partial charge in [0.25, 0.3) is 0 Å². The first-order valence-electron chi connectivity index (χ1n) is 6.94. The molecule has 1 aliphatic carbocycles. The van der Waals surface area contributed by atoms with Crippen LogP contribution < -0.4 is 11.0 Å². The number of hydrogen-bond acceptors (Lipinski definition) is 4. The molecular weight excluding hydrogens is 368 g/mol. The number of rotatable bonds is 5. The topological polar surface area (TPSA) is 79.8 Å². The maximum atomic E-state index is 12.3. The number of amides is 1. The van der Waals surface area contributed by atoms with Crippen LogP contribution in [0.15, 0.2) is 38.7 Å². The van der Waals surface area contributed by atoms with Crippen molar-refractivity contribution >= 4 is 39.3 Å². The van der Waals surface area contributed by atoms with Gasteiger partial charge in [-0.2, -0.15) is 0 Å². The minimum atomic E-state index is -0.355. The van der Waals surface area contributed by atoms with Crippen molar-refractivity contribution in [2.24, 2.45) is 0 Å². The largest absolute Gasteiger partial charge is 0.344 e. The van der Waals surface area contributed by atoms with Crippen molar-refractivity contribution in [3.8, 4) is 0 Å². The number of anilines is 1. The molecule has 1 amide bonds. The van der Waals surface area contributed by atoms with Gasteiger partial charge in [-0.25, -0.2) is 9.89 Å². The molecule has 1 aromatic carbocycles. The molecule has 0 radical (unpaired) electrons. The Hall–Kier alpha value is -1.54. The lowest BCUT2D eigenvalue weighted by Crippen LogP contribution is -2.23. The van der Waals surface area contributed by atoms with E-state index in [1.165, 1.54) is 11.8 Å². The third-order valence-corrected chi connectivity index (χ3v) is 4.89. The monoisotopic (exact) mass is 382 g/mol. The highest BCUT2D eigenvalue weighted by Crippen LogP contribution is 2.36. The smallest absolute Gasteiger partial charge is 0.325 e. The number of H-pyrrole nitrogens is 1. The van der Waals surface area contributed by atoms with E-state index in [-0.39, 0.29) is 22.9 Å². The van der Waals surface area contributed by atoms with Crippen LogP contribution in [0.2, 0.25) is 0 Å². The predicted molar refractivity (Wildman–Crippen MR) is 89.2 cm³/mol. The summed E-state index contributed by atoms with van der Waals surface area (Å²) < 4.78 is 2.55. The van der Waals surface area contributed by atoms with Crippen LogP contribution in [-0.2, 0) is 4.79 Å². The first kappa shape index (κ1) is 15.4. The summed E-state index contributed by atoms with van der Waals surface area (Å²) in [4.78, 5) is 24.0. The number of hydrogen-bond donors (Lipinski definition) is 2. The van der Waals surface area contributed by atoms with E-state index in [0.29, 0.717) is 5.16 Å². The molecule has 116 valence electrons. The van der Waals surface area contributed by atoms with Gasteiger partial charge in [0.1, 0.15) is 0 Å². The van der Waals surface area contributed by atoms with E-state index in [4.69, 9.17) is 0 Å². The Kier molecular flexibility index (Phi) is 4.39. The van der Waals surface area contributed by atoms with Gasteiger partial charge in [0.05, 0.1) is 5.25 Å². The van der Waals surface area contributed by atoms with Crippen LogP contribution in [0, 0.1) is 0 Å². The Morgan fingerprint density at radius 3 is 3.00 bits per heavy atom. The van der Waals surface area contributed by atoms with Crippen LogP contribution >= 0.6 is 27.7 Å². The maximum Gasteiger partial charge on any atom is 0.344 e.